The fraction of sp³-hybridized carbons (Fsp3) is 0.923. The molecule has 94 valence electrons. The van der Waals surface area contributed by atoms with Gasteiger partial charge >= 0.3 is 0 Å². The lowest BCUT2D eigenvalue weighted by Crippen LogP contribution is -2.39. The van der Waals surface area contributed by atoms with Gasteiger partial charge in [0.1, 0.15) is 0 Å². The Hall–Kier alpha value is -0.570. The molecule has 0 aliphatic heterocycles. The van der Waals surface area contributed by atoms with Crippen LogP contribution < -0.4 is 5.32 Å². The van der Waals surface area contributed by atoms with Gasteiger partial charge in [0.2, 0.25) is 5.91 Å². The van der Waals surface area contributed by atoms with E-state index in [4.69, 9.17) is 5.11 Å². The highest BCUT2D eigenvalue weighted by Crippen LogP contribution is 2.26. The molecule has 1 fully saturated rings. The van der Waals surface area contributed by atoms with E-state index in [1.807, 2.05) is 0 Å². The summed E-state index contributed by atoms with van der Waals surface area (Å²) in [5.74, 6) is 0.739. The lowest BCUT2D eigenvalue weighted by atomic mass is 9.84. The number of carbonyl (C=O) groups is 1. The van der Waals surface area contributed by atoms with E-state index < -0.39 is 0 Å². The molecule has 0 spiro atoms. The molecule has 1 amide bonds. The Morgan fingerprint density at radius 2 is 1.94 bits per heavy atom. The van der Waals surface area contributed by atoms with Crippen LogP contribution in [-0.2, 0) is 4.79 Å². The SMILES string of the molecule is CC(O)CCC(=O)N[C@@H](C)C1CCCCC1. The van der Waals surface area contributed by atoms with Crippen molar-refractivity contribution in [1.82, 2.24) is 5.32 Å². The van der Waals surface area contributed by atoms with Crippen molar-refractivity contribution in [3.8, 4) is 0 Å². The number of hydrogen-bond acceptors (Lipinski definition) is 2. The predicted octanol–water partition coefficient (Wildman–Crippen LogP) is 2.23. The second kappa shape index (κ2) is 6.89. The quantitative estimate of drug-likeness (QED) is 0.756. The van der Waals surface area contributed by atoms with Crippen molar-refractivity contribution < 1.29 is 9.90 Å². The van der Waals surface area contributed by atoms with E-state index in [0.717, 1.165) is 0 Å². The fourth-order valence-corrected chi connectivity index (χ4v) is 2.42. The first kappa shape index (κ1) is 13.5. The molecule has 3 heteroatoms. The second-order valence-corrected chi connectivity index (χ2v) is 5.14. The van der Waals surface area contributed by atoms with Gasteiger partial charge in [0.25, 0.3) is 0 Å². The maximum atomic E-state index is 11.6. The highest BCUT2D eigenvalue weighted by atomic mass is 16.3. The zero-order valence-electron chi connectivity index (χ0n) is 10.5. The Morgan fingerprint density at radius 1 is 1.31 bits per heavy atom. The molecule has 1 aliphatic rings. The van der Waals surface area contributed by atoms with Crippen molar-refractivity contribution in [2.45, 2.75) is 70.9 Å². The molecule has 2 N–H and O–H groups in total. The molecule has 1 unspecified atom stereocenters. The standard InChI is InChI=1S/C13H25NO2/c1-10(15)8-9-13(16)14-11(2)12-6-4-3-5-7-12/h10-12,15H,3-9H2,1-2H3,(H,14,16)/t10?,11-/m0/s1. The predicted molar refractivity (Wildman–Crippen MR) is 65.1 cm³/mol. The molecule has 0 aromatic rings. The lowest BCUT2D eigenvalue weighted by Gasteiger charge is -2.28. The number of aliphatic hydroxyl groups is 1. The Labute approximate surface area is 98.6 Å². The third kappa shape index (κ3) is 4.97. The van der Waals surface area contributed by atoms with E-state index in [1.54, 1.807) is 6.92 Å². The van der Waals surface area contributed by atoms with Gasteiger partial charge < -0.3 is 10.4 Å². The average Bonchev–Trinajstić information content (AvgIpc) is 2.27. The number of hydrogen-bond donors (Lipinski definition) is 2. The number of carbonyl (C=O) groups excluding carboxylic acids is 1. The molecule has 1 rings (SSSR count). The van der Waals surface area contributed by atoms with Crippen LogP contribution in [0.1, 0.15) is 58.8 Å². The van der Waals surface area contributed by atoms with Gasteiger partial charge in [-0.25, -0.2) is 0 Å². The van der Waals surface area contributed by atoms with Crippen LogP contribution in [0, 0.1) is 5.92 Å². The van der Waals surface area contributed by atoms with Crippen molar-refractivity contribution in [2.24, 2.45) is 5.92 Å². The Morgan fingerprint density at radius 3 is 2.50 bits per heavy atom. The molecule has 0 radical (unpaired) electrons. The summed E-state index contributed by atoms with van der Waals surface area (Å²) in [6.07, 6.45) is 7.07. The van der Waals surface area contributed by atoms with Gasteiger partial charge in [-0.3, -0.25) is 4.79 Å². The van der Waals surface area contributed by atoms with Gasteiger partial charge in [0.15, 0.2) is 0 Å². The van der Waals surface area contributed by atoms with Crippen LogP contribution in [0.4, 0.5) is 0 Å². The van der Waals surface area contributed by atoms with Crippen molar-refractivity contribution in [3.63, 3.8) is 0 Å². The molecule has 0 heterocycles. The summed E-state index contributed by atoms with van der Waals surface area (Å²) in [4.78, 5) is 11.6. The lowest BCUT2D eigenvalue weighted by molar-refractivity contribution is -0.122. The van der Waals surface area contributed by atoms with Crippen molar-refractivity contribution in [3.05, 3.63) is 0 Å². The van der Waals surface area contributed by atoms with Gasteiger partial charge in [-0.15, -0.1) is 0 Å². The minimum Gasteiger partial charge on any atom is -0.393 e. The normalized spacial score (nSPS) is 21.4. The Balaban J connectivity index is 2.21. The third-order valence-corrected chi connectivity index (χ3v) is 3.53. The van der Waals surface area contributed by atoms with Crippen LogP contribution in [0.15, 0.2) is 0 Å². The molecule has 0 bridgehead atoms. The first-order valence-corrected chi connectivity index (χ1v) is 6.57. The summed E-state index contributed by atoms with van der Waals surface area (Å²) in [5.41, 5.74) is 0. The summed E-state index contributed by atoms with van der Waals surface area (Å²) in [6, 6.07) is 0.293. The van der Waals surface area contributed by atoms with Crippen LogP contribution in [-0.4, -0.2) is 23.2 Å². The van der Waals surface area contributed by atoms with E-state index in [2.05, 4.69) is 12.2 Å². The first-order valence-electron chi connectivity index (χ1n) is 6.57. The van der Waals surface area contributed by atoms with E-state index in [0.29, 0.717) is 24.8 Å². The van der Waals surface area contributed by atoms with Crippen LogP contribution >= 0.6 is 0 Å². The molecule has 0 saturated heterocycles. The zero-order chi connectivity index (χ0) is 12.0. The summed E-state index contributed by atoms with van der Waals surface area (Å²) in [5, 5.41) is 12.2. The Bertz CT molecular complexity index is 210. The van der Waals surface area contributed by atoms with Crippen LogP contribution in [0.2, 0.25) is 0 Å². The van der Waals surface area contributed by atoms with Crippen molar-refractivity contribution in [1.29, 1.82) is 0 Å². The highest BCUT2D eigenvalue weighted by molar-refractivity contribution is 5.76. The van der Waals surface area contributed by atoms with E-state index >= 15 is 0 Å². The maximum Gasteiger partial charge on any atom is 0.220 e. The Kier molecular flexibility index (Phi) is 5.81. The van der Waals surface area contributed by atoms with Gasteiger partial charge in [-0.2, -0.15) is 0 Å². The van der Waals surface area contributed by atoms with Gasteiger partial charge in [0.05, 0.1) is 6.10 Å². The number of nitrogens with one attached hydrogen (secondary N) is 1. The topological polar surface area (TPSA) is 49.3 Å². The van der Waals surface area contributed by atoms with Crippen LogP contribution in [0.25, 0.3) is 0 Å². The summed E-state index contributed by atoms with van der Waals surface area (Å²) < 4.78 is 0. The summed E-state index contributed by atoms with van der Waals surface area (Å²) in [6.45, 7) is 3.83. The average molecular weight is 227 g/mol. The summed E-state index contributed by atoms with van der Waals surface area (Å²) in [7, 11) is 0. The van der Waals surface area contributed by atoms with E-state index in [-0.39, 0.29) is 12.0 Å². The number of amides is 1. The smallest absolute Gasteiger partial charge is 0.220 e. The van der Waals surface area contributed by atoms with Crippen molar-refractivity contribution >= 4 is 5.91 Å². The van der Waals surface area contributed by atoms with Crippen molar-refractivity contribution in [2.75, 3.05) is 0 Å². The number of aliphatic hydroxyl groups excluding tert-OH is 1. The van der Waals surface area contributed by atoms with Crippen LogP contribution in [0.5, 0.6) is 0 Å². The largest absolute Gasteiger partial charge is 0.393 e. The van der Waals surface area contributed by atoms with E-state index in [9.17, 15) is 4.79 Å². The third-order valence-electron chi connectivity index (χ3n) is 3.53. The minimum absolute atomic E-state index is 0.0824. The second-order valence-electron chi connectivity index (χ2n) is 5.14. The molecule has 3 nitrogen and oxygen atoms in total. The summed E-state index contributed by atoms with van der Waals surface area (Å²) >= 11 is 0. The van der Waals surface area contributed by atoms with Gasteiger partial charge in [-0.05, 0) is 39.0 Å². The molecule has 16 heavy (non-hydrogen) atoms. The first-order chi connectivity index (χ1) is 7.59. The van der Waals surface area contributed by atoms with Gasteiger partial charge in [-0.1, -0.05) is 19.3 Å². The van der Waals surface area contributed by atoms with Crippen LogP contribution in [0.3, 0.4) is 0 Å². The molecular weight excluding hydrogens is 202 g/mol. The fourth-order valence-electron chi connectivity index (χ4n) is 2.42. The van der Waals surface area contributed by atoms with Gasteiger partial charge in [0, 0.05) is 12.5 Å². The molecule has 2 atom stereocenters. The highest BCUT2D eigenvalue weighted by Gasteiger charge is 2.21. The molecule has 1 aliphatic carbocycles. The molecule has 0 aromatic heterocycles. The maximum absolute atomic E-state index is 11.6. The molecule has 0 aromatic carbocycles. The van der Waals surface area contributed by atoms with E-state index in [1.165, 1.54) is 32.1 Å². The zero-order valence-corrected chi connectivity index (χ0v) is 10.5. The molecular formula is C13H25NO2. The monoisotopic (exact) mass is 227 g/mol. The minimum atomic E-state index is -0.379. The molecule has 1 saturated carbocycles. The number of rotatable bonds is 5.